The number of H-pyrrole nitrogens is 1. The summed E-state index contributed by atoms with van der Waals surface area (Å²) < 4.78 is 14.2. The van der Waals surface area contributed by atoms with Crippen LogP contribution in [-0.4, -0.2) is 33.6 Å². The highest BCUT2D eigenvalue weighted by atomic mass is 79.9. The smallest absolute Gasteiger partial charge is 0.273 e. The van der Waals surface area contributed by atoms with Gasteiger partial charge in [-0.15, -0.1) is 0 Å². The number of aromatic nitrogens is 2. The molecule has 6 heteroatoms. The number of likely N-dealkylation sites (tertiary alicyclic amines) is 1. The monoisotopic (exact) mass is 427 g/mol. The summed E-state index contributed by atoms with van der Waals surface area (Å²) in [6, 6.07) is 16.4. The molecular formula is C21H19BrFN3O. The minimum absolute atomic E-state index is 0.0645. The van der Waals surface area contributed by atoms with E-state index in [0.29, 0.717) is 23.1 Å². The van der Waals surface area contributed by atoms with Crippen LogP contribution in [0.1, 0.15) is 28.9 Å². The summed E-state index contributed by atoms with van der Waals surface area (Å²) >= 11 is 3.54. The lowest BCUT2D eigenvalue weighted by atomic mass is 10.0. The van der Waals surface area contributed by atoms with Crippen LogP contribution in [0.2, 0.25) is 0 Å². The molecule has 0 radical (unpaired) electrons. The highest BCUT2D eigenvalue weighted by Crippen LogP contribution is 2.31. The third-order valence-electron chi connectivity index (χ3n) is 4.97. The van der Waals surface area contributed by atoms with Crippen molar-refractivity contribution in [2.45, 2.75) is 25.3 Å². The quantitative estimate of drug-likeness (QED) is 0.648. The van der Waals surface area contributed by atoms with E-state index in [0.717, 1.165) is 29.7 Å². The molecule has 27 heavy (non-hydrogen) atoms. The molecule has 4 nitrogen and oxygen atoms in total. The van der Waals surface area contributed by atoms with Gasteiger partial charge in [0.05, 0.1) is 4.47 Å². The molecule has 1 N–H and O–H groups in total. The first-order chi connectivity index (χ1) is 13.1. The molecule has 0 spiro atoms. The van der Waals surface area contributed by atoms with E-state index in [9.17, 15) is 9.18 Å². The summed E-state index contributed by atoms with van der Waals surface area (Å²) in [4.78, 5) is 15.0. The summed E-state index contributed by atoms with van der Waals surface area (Å²) in [7, 11) is 0. The number of carbonyl (C=O) groups is 1. The molecular weight excluding hydrogens is 409 g/mol. The second-order valence-electron chi connectivity index (χ2n) is 6.76. The molecule has 0 saturated carbocycles. The summed E-state index contributed by atoms with van der Waals surface area (Å²) in [5.41, 5.74) is 3.03. The molecule has 2 heterocycles. The molecule has 1 atom stereocenters. The van der Waals surface area contributed by atoms with Gasteiger partial charge >= 0.3 is 0 Å². The first-order valence-electron chi connectivity index (χ1n) is 8.98. The fraction of sp³-hybridized carbons (Fsp3) is 0.238. The van der Waals surface area contributed by atoms with Crippen LogP contribution in [0.4, 0.5) is 4.39 Å². The number of nitrogens with one attached hydrogen (secondary N) is 1. The SMILES string of the molecule is O=C(c1[nH]nc(-c2ccccc2)c1Br)N1CCCC1Cc1cccc(F)c1. The standard InChI is InChI=1S/C21H19BrFN3O/c22-18-19(15-7-2-1-3-8-15)24-25-20(18)21(27)26-11-5-10-17(26)13-14-6-4-9-16(23)12-14/h1-4,6-9,12,17H,5,10-11,13H2,(H,24,25). The number of hydrogen-bond acceptors (Lipinski definition) is 2. The second-order valence-corrected chi connectivity index (χ2v) is 7.55. The van der Waals surface area contributed by atoms with Gasteiger partial charge in [0.1, 0.15) is 17.2 Å². The number of rotatable bonds is 4. The molecule has 1 unspecified atom stereocenters. The van der Waals surface area contributed by atoms with Gasteiger partial charge in [-0.05, 0) is 52.9 Å². The van der Waals surface area contributed by atoms with Crippen LogP contribution in [0.3, 0.4) is 0 Å². The van der Waals surface area contributed by atoms with Crippen LogP contribution in [-0.2, 0) is 6.42 Å². The Balaban J connectivity index is 1.56. The number of benzene rings is 2. The van der Waals surface area contributed by atoms with E-state index < -0.39 is 0 Å². The van der Waals surface area contributed by atoms with Crippen molar-refractivity contribution in [1.82, 2.24) is 15.1 Å². The molecule has 0 aliphatic carbocycles. The molecule has 2 aromatic carbocycles. The van der Waals surface area contributed by atoms with Crippen molar-refractivity contribution in [1.29, 1.82) is 0 Å². The Morgan fingerprint density at radius 1 is 1.22 bits per heavy atom. The van der Waals surface area contributed by atoms with Gasteiger partial charge in [-0.25, -0.2) is 4.39 Å². The zero-order chi connectivity index (χ0) is 18.8. The van der Waals surface area contributed by atoms with E-state index in [4.69, 9.17) is 0 Å². The molecule has 1 amide bonds. The van der Waals surface area contributed by atoms with Crippen LogP contribution in [0, 0.1) is 5.82 Å². The molecule has 3 aromatic rings. The summed E-state index contributed by atoms with van der Waals surface area (Å²) in [6.07, 6.45) is 2.52. The average Bonchev–Trinajstić information content (AvgIpc) is 3.28. The Morgan fingerprint density at radius 3 is 2.81 bits per heavy atom. The van der Waals surface area contributed by atoms with Gasteiger partial charge in [-0.3, -0.25) is 9.89 Å². The van der Waals surface area contributed by atoms with Crippen LogP contribution in [0.5, 0.6) is 0 Å². The third kappa shape index (κ3) is 3.67. The highest BCUT2D eigenvalue weighted by molar-refractivity contribution is 9.10. The van der Waals surface area contributed by atoms with Crippen molar-refractivity contribution in [2.24, 2.45) is 0 Å². The first kappa shape index (κ1) is 17.9. The Labute approximate surface area is 165 Å². The Bertz CT molecular complexity index is 957. The van der Waals surface area contributed by atoms with Gasteiger partial charge in [0.15, 0.2) is 0 Å². The van der Waals surface area contributed by atoms with Crippen molar-refractivity contribution in [3.8, 4) is 11.3 Å². The van der Waals surface area contributed by atoms with E-state index >= 15 is 0 Å². The minimum Gasteiger partial charge on any atom is -0.334 e. The van der Waals surface area contributed by atoms with Crippen molar-refractivity contribution < 1.29 is 9.18 Å². The molecule has 1 fully saturated rings. The lowest BCUT2D eigenvalue weighted by Crippen LogP contribution is -2.37. The van der Waals surface area contributed by atoms with Crippen LogP contribution in [0.25, 0.3) is 11.3 Å². The molecule has 1 aliphatic rings. The van der Waals surface area contributed by atoms with Crippen molar-refractivity contribution in [3.63, 3.8) is 0 Å². The maximum Gasteiger partial charge on any atom is 0.273 e. The van der Waals surface area contributed by atoms with Crippen molar-refractivity contribution >= 4 is 21.8 Å². The topological polar surface area (TPSA) is 49.0 Å². The number of nitrogens with zero attached hydrogens (tertiary/aromatic N) is 2. The summed E-state index contributed by atoms with van der Waals surface area (Å²) in [5, 5.41) is 7.22. The van der Waals surface area contributed by atoms with E-state index in [1.807, 2.05) is 41.3 Å². The second kappa shape index (κ2) is 7.64. The number of amides is 1. The van der Waals surface area contributed by atoms with Gasteiger partial charge in [0, 0.05) is 18.2 Å². The predicted octanol–water partition coefficient (Wildman–Crippen LogP) is 4.83. The van der Waals surface area contributed by atoms with E-state index in [1.54, 1.807) is 12.1 Å². The Hall–Kier alpha value is -2.47. The molecule has 0 bridgehead atoms. The van der Waals surface area contributed by atoms with E-state index in [1.165, 1.54) is 6.07 Å². The van der Waals surface area contributed by atoms with Crippen molar-refractivity contribution in [2.75, 3.05) is 6.54 Å². The summed E-state index contributed by atoms with van der Waals surface area (Å²) in [6.45, 7) is 0.699. The number of aromatic amines is 1. The van der Waals surface area contributed by atoms with Gasteiger partial charge in [-0.1, -0.05) is 42.5 Å². The van der Waals surface area contributed by atoms with Crippen LogP contribution < -0.4 is 0 Å². The maximum absolute atomic E-state index is 13.5. The fourth-order valence-corrected chi connectivity index (χ4v) is 4.23. The number of halogens is 2. The van der Waals surface area contributed by atoms with E-state index in [2.05, 4.69) is 26.1 Å². The molecule has 4 rings (SSSR count). The Morgan fingerprint density at radius 2 is 2.04 bits per heavy atom. The predicted molar refractivity (Wildman–Crippen MR) is 106 cm³/mol. The lowest BCUT2D eigenvalue weighted by Gasteiger charge is -2.24. The zero-order valence-electron chi connectivity index (χ0n) is 14.7. The molecule has 138 valence electrons. The van der Waals surface area contributed by atoms with Crippen LogP contribution >= 0.6 is 15.9 Å². The highest BCUT2D eigenvalue weighted by Gasteiger charge is 2.32. The largest absolute Gasteiger partial charge is 0.334 e. The lowest BCUT2D eigenvalue weighted by molar-refractivity contribution is 0.0729. The van der Waals surface area contributed by atoms with Gasteiger partial charge < -0.3 is 4.90 Å². The summed E-state index contributed by atoms with van der Waals surface area (Å²) in [5.74, 6) is -0.317. The average molecular weight is 428 g/mol. The molecule has 1 aromatic heterocycles. The van der Waals surface area contributed by atoms with Crippen molar-refractivity contribution in [3.05, 3.63) is 76.1 Å². The number of hydrogen-bond donors (Lipinski definition) is 1. The maximum atomic E-state index is 13.5. The van der Waals surface area contributed by atoms with Gasteiger partial charge in [0.25, 0.3) is 5.91 Å². The third-order valence-corrected chi connectivity index (χ3v) is 5.74. The Kier molecular flexibility index (Phi) is 5.07. The van der Waals surface area contributed by atoms with Gasteiger partial charge in [-0.2, -0.15) is 5.10 Å². The molecule has 1 aliphatic heterocycles. The zero-order valence-corrected chi connectivity index (χ0v) is 16.2. The van der Waals surface area contributed by atoms with Gasteiger partial charge in [0.2, 0.25) is 0 Å². The van der Waals surface area contributed by atoms with E-state index in [-0.39, 0.29) is 17.8 Å². The normalized spacial score (nSPS) is 16.7. The molecule has 1 saturated heterocycles. The fourth-order valence-electron chi connectivity index (χ4n) is 3.65. The number of carbonyl (C=O) groups excluding carboxylic acids is 1. The first-order valence-corrected chi connectivity index (χ1v) is 9.77. The van der Waals surface area contributed by atoms with Crippen LogP contribution in [0.15, 0.2) is 59.1 Å². The minimum atomic E-state index is -0.243.